The van der Waals surface area contributed by atoms with Crippen molar-refractivity contribution in [3.8, 4) is 5.75 Å². The Morgan fingerprint density at radius 1 is 1.13 bits per heavy atom. The van der Waals surface area contributed by atoms with Gasteiger partial charge in [0.25, 0.3) is 5.56 Å². The van der Waals surface area contributed by atoms with Crippen molar-refractivity contribution >= 4 is 39.3 Å². The molecule has 0 radical (unpaired) electrons. The Morgan fingerprint density at radius 2 is 1.87 bits per heavy atom. The number of fused-ring (bicyclic) bond motifs is 1. The molecular formula is C30H24BrFN2O4S. The Labute approximate surface area is 236 Å². The van der Waals surface area contributed by atoms with Crippen LogP contribution in [-0.4, -0.2) is 17.1 Å². The molecule has 9 heteroatoms. The molecular weight excluding hydrogens is 583 g/mol. The molecule has 0 aliphatic carbocycles. The lowest BCUT2D eigenvalue weighted by atomic mass is 9.96. The number of rotatable bonds is 7. The lowest BCUT2D eigenvalue weighted by Gasteiger charge is -2.24. The quantitative estimate of drug-likeness (QED) is 0.268. The third kappa shape index (κ3) is 5.51. The van der Waals surface area contributed by atoms with E-state index in [4.69, 9.17) is 9.47 Å². The number of aromatic nitrogens is 1. The van der Waals surface area contributed by atoms with Crippen molar-refractivity contribution in [2.75, 3.05) is 6.61 Å². The normalized spacial score (nSPS) is 15.1. The zero-order valence-corrected chi connectivity index (χ0v) is 23.6. The van der Waals surface area contributed by atoms with Gasteiger partial charge >= 0.3 is 5.97 Å². The fourth-order valence-electron chi connectivity index (χ4n) is 4.42. The Balaban J connectivity index is 1.62. The Hall–Kier alpha value is -3.82. The Kier molecular flexibility index (Phi) is 7.90. The Morgan fingerprint density at radius 3 is 2.62 bits per heavy atom. The van der Waals surface area contributed by atoms with E-state index >= 15 is 0 Å². The average Bonchev–Trinajstić information content (AvgIpc) is 3.23. The summed E-state index contributed by atoms with van der Waals surface area (Å²) in [5.41, 5.74) is 2.39. The van der Waals surface area contributed by atoms with Crippen molar-refractivity contribution in [2.45, 2.75) is 26.5 Å². The van der Waals surface area contributed by atoms with Crippen molar-refractivity contribution < 1.29 is 18.7 Å². The maximum atomic E-state index is 14.1. The molecule has 1 aliphatic heterocycles. The second kappa shape index (κ2) is 11.5. The van der Waals surface area contributed by atoms with Gasteiger partial charge < -0.3 is 9.47 Å². The second-order valence-corrected chi connectivity index (χ2v) is 10.7. The van der Waals surface area contributed by atoms with Crippen molar-refractivity contribution in [3.05, 3.63) is 131 Å². The number of halogens is 2. The fraction of sp³-hybridized carbons (Fsp3) is 0.167. The molecule has 0 spiro atoms. The molecule has 6 nitrogen and oxygen atoms in total. The number of thiazole rings is 1. The first-order chi connectivity index (χ1) is 18.9. The molecule has 4 aromatic rings. The van der Waals surface area contributed by atoms with Crippen LogP contribution in [-0.2, 0) is 16.1 Å². The molecule has 0 amide bonds. The molecule has 0 fully saturated rings. The van der Waals surface area contributed by atoms with Gasteiger partial charge in [0.1, 0.15) is 18.2 Å². The van der Waals surface area contributed by atoms with Gasteiger partial charge in [-0.3, -0.25) is 9.36 Å². The largest absolute Gasteiger partial charge is 0.488 e. The zero-order chi connectivity index (χ0) is 27.5. The number of esters is 1. The number of nitrogens with zero attached hydrogens (tertiary/aromatic N) is 2. The van der Waals surface area contributed by atoms with Crippen molar-refractivity contribution in [1.29, 1.82) is 0 Å². The summed E-state index contributed by atoms with van der Waals surface area (Å²) >= 11 is 4.72. The number of carbonyl (C=O) groups excluding carboxylic acids is 1. The molecule has 198 valence electrons. The maximum Gasteiger partial charge on any atom is 0.338 e. The molecule has 0 unspecified atom stereocenters. The highest BCUT2D eigenvalue weighted by molar-refractivity contribution is 9.10. The molecule has 1 aromatic heterocycles. The van der Waals surface area contributed by atoms with Crippen molar-refractivity contribution in [3.63, 3.8) is 0 Å². The Bertz CT molecular complexity index is 1760. The number of ether oxygens (including phenoxy) is 2. The minimum Gasteiger partial charge on any atom is -0.488 e. The topological polar surface area (TPSA) is 69.9 Å². The van der Waals surface area contributed by atoms with Gasteiger partial charge in [-0.2, -0.15) is 0 Å². The van der Waals surface area contributed by atoms with Crippen LogP contribution in [0.5, 0.6) is 5.75 Å². The van der Waals surface area contributed by atoms with Crippen LogP contribution in [0.25, 0.3) is 6.08 Å². The van der Waals surface area contributed by atoms with E-state index in [1.54, 1.807) is 48.8 Å². The molecule has 0 saturated heterocycles. The number of allylic oxidation sites excluding steroid dienone is 1. The highest BCUT2D eigenvalue weighted by Gasteiger charge is 2.33. The van der Waals surface area contributed by atoms with Gasteiger partial charge in [0.05, 0.1) is 28.5 Å². The van der Waals surface area contributed by atoms with Crippen LogP contribution in [0.1, 0.15) is 36.6 Å². The molecule has 1 aliphatic rings. The fourth-order valence-corrected chi connectivity index (χ4v) is 5.83. The summed E-state index contributed by atoms with van der Waals surface area (Å²) < 4.78 is 28.2. The van der Waals surface area contributed by atoms with E-state index in [-0.39, 0.29) is 24.6 Å². The standard InChI is InChI=1S/C30H24BrFN2O4S/c1-3-37-29(36)26-18(2)33-30-34(27(26)19-9-5-4-6-10-19)28(35)25(39-30)16-21-15-22(31)13-14-24(21)38-17-20-11-7-8-12-23(20)32/h4-16,27H,3,17H2,1-2H3/t27-/m0/s1. The molecule has 5 rings (SSSR count). The average molecular weight is 608 g/mol. The predicted octanol–water partition coefficient (Wildman–Crippen LogP) is 5.28. The van der Waals surface area contributed by atoms with Crippen LogP contribution in [0, 0.1) is 5.82 Å². The van der Waals surface area contributed by atoms with E-state index in [1.165, 1.54) is 17.4 Å². The van der Waals surface area contributed by atoms with Crippen LogP contribution >= 0.6 is 27.3 Å². The summed E-state index contributed by atoms with van der Waals surface area (Å²) in [5.74, 6) is -0.355. The van der Waals surface area contributed by atoms with Gasteiger partial charge in [-0.25, -0.2) is 14.2 Å². The molecule has 39 heavy (non-hydrogen) atoms. The van der Waals surface area contributed by atoms with Gasteiger partial charge in [-0.05, 0) is 49.8 Å². The SMILES string of the molecule is CCOC(=O)C1=C(C)N=c2sc(=Cc3cc(Br)ccc3OCc3ccccc3F)c(=O)n2[C@H]1c1ccccc1. The lowest BCUT2D eigenvalue weighted by molar-refractivity contribution is -0.139. The van der Waals surface area contributed by atoms with Gasteiger partial charge in [-0.15, -0.1) is 0 Å². The highest BCUT2D eigenvalue weighted by Crippen LogP contribution is 2.31. The summed E-state index contributed by atoms with van der Waals surface area (Å²) in [6, 6.07) is 20.5. The first-order valence-electron chi connectivity index (χ1n) is 12.3. The monoisotopic (exact) mass is 606 g/mol. The summed E-state index contributed by atoms with van der Waals surface area (Å²) in [6.45, 7) is 3.74. The number of benzene rings is 3. The predicted molar refractivity (Wildman–Crippen MR) is 152 cm³/mol. The highest BCUT2D eigenvalue weighted by atomic mass is 79.9. The first kappa shape index (κ1) is 26.8. The van der Waals surface area contributed by atoms with Crippen LogP contribution < -0.4 is 19.6 Å². The van der Waals surface area contributed by atoms with Gasteiger partial charge in [0.2, 0.25) is 0 Å². The zero-order valence-electron chi connectivity index (χ0n) is 21.2. The first-order valence-corrected chi connectivity index (χ1v) is 13.9. The summed E-state index contributed by atoms with van der Waals surface area (Å²) in [7, 11) is 0. The lowest BCUT2D eigenvalue weighted by Crippen LogP contribution is -2.39. The second-order valence-electron chi connectivity index (χ2n) is 8.78. The summed E-state index contributed by atoms with van der Waals surface area (Å²) in [5, 5.41) is 0. The van der Waals surface area contributed by atoms with E-state index in [0.717, 1.165) is 10.0 Å². The van der Waals surface area contributed by atoms with Crippen LogP contribution in [0.3, 0.4) is 0 Å². The van der Waals surface area contributed by atoms with E-state index in [0.29, 0.717) is 37.5 Å². The maximum absolute atomic E-state index is 14.1. The van der Waals surface area contributed by atoms with Gasteiger partial charge in [0, 0.05) is 15.6 Å². The van der Waals surface area contributed by atoms with Crippen molar-refractivity contribution in [1.82, 2.24) is 4.57 Å². The van der Waals surface area contributed by atoms with Gasteiger partial charge in [-0.1, -0.05) is 75.8 Å². The molecule has 0 bridgehead atoms. The summed E-state index contributed by atoms with van der Waals surface area (Å²) in [4.78, 5) is 32.0. The molecule has 0 N–H and O–H groups in total. The van der Waals surface area contributed by atoms with Crippen LogP contribution in [0.2, 0.25) is 0 Å². The number of hydrogen-bond donors (Lipinski definition) is 0. The third-order valence-corrected chi connectivity index (χ3v) is 7.71. The van der Waals surface area contributed by atoms with Crippen LogP contribution in [0.15, 0.2) is 98.3 Å². The van der Waals surface area contributed by atoms with E-state index in [1.807, 2.05) is 42.5 Å². The van der Waals surface area contributed by atoms with Gasteiger partial charge in [0.15, 0.2) is 4.80 Å². The van der Waals surface area contributed by atoms with E-state index in [2.05, 4.69) is 20.9 Å². The molecule has 3 aromatic carbocycles. The van der Waals surface area contributed by atoms with Crippen molar-refractivity contribution in [2.24, 2.45) is 4.99 Å². The molecule has 2 heterocycles. The minimum atomic E-state index is -0.678. The molecule has 0 saturated carbocycles. The number of carbonyl (C=O) groups is 1. The minimum absolute atomic E-state index is 0.0342. The molecule has 1 atom stereocenters. The number of hydrogen-bond acceptors (Lipinski definition) is 6. The van der Waals surface area contributed by atoms with Crippen LogP contribution in [0.4, 0.5) is 4.39 Å². The van der Waals surface area contributed by atoms with E-state index < -0.39 is 12.0 Å². The smallest absolute Gasteiger partial charge is 0.338 e. The van der Waals surface area contributed by atoms with E-state index in [9.17, 15) is 14.0 Å². The third-order valence-electron chi connectivity index (χ3n) is 6.23. The summed E-state index contributed by atoms with van der Waals surface area (Å²) in [6.07, 6.45) is 1.73.